The molecule has 1 aliphatic heterocycles. The van der Waals surface area contributed by atoms with Gasteiger partial charge < -0.3 is 20.1 Å². The number of rotatable bonds is 10. The van der Waals surface area contributed by atoms with Crippen molar-refractivity contribution in [1.82, 2.24) is 15.5 Å². The Bertz CT molecular complexity index is 538. The molecule has 27 heavy (non-hydrogen) atoms. The maximum Gasteiger partial charge on any atom is 0.191 e. The fraction of sp³-hybridized carbons (Fsp3) is 0.667. The lowest BCUT2D eigenvalue weighted by molar-refractivity contribution is 0.0698. The highest BCUT2D eigenvalue weighted by molar-refractivity contribution is 5.79. The van der Waals surface area contributed by atoms with E-state index in [2.05, 4.69) is 57.8 Å². The number of ether oxygens (including phenoxy) is 2. The molecular weight excluding hydrogens is 340 g/mol. The molecule has 0 saturated carbocycles. The van der Waals surface area contributed by atoms with Crippen LogP contribution in [0.3, 0.4) is 0 Å². The number of likely N-dealkylation sites (tertiary alicyclic amines) is 1. The molecule has 2 rings (SSSR count). The van der Waals surface area contributed by atoms with Crippen LogP contribution in [-0.2, 0) is 16.0 Å². The van der Waals surface area contributed by atoms with Crippen molar-refractivity contribution in [2.24, 2.45) is 4.99 Å². The molecule has 1 aromatic carbocycles. The molecule has 2 unspecified atom stereocenters. The van der Waals surface area contributed by atoms with Crippen LogP contribution in [0, 0.1) is 0 Å². The fourth-order valence-electron chi connectivity index (χ4n) is 3.42. The summed E-state index contributed by atoms with van der Waals surface area (Å²) in [6, 6.07) is 11.8. The van der Waals surface area contributed by atoms with E-state index in [4.69, 9.17) is 9.47 Å². The van der Waals surface area contributed by atoms with Crippen LogP contribution < -0.4 is 10.6 Å². The highest BCUT2D eigenvalue weighted by Gasteiger charge is 2.25. The first-order chi connectivity index (χ1) is 13.2. The summed E-state index contributed by atoms with van der Waals surface area (Å²) in [4.78, 5) is 6.93. The Balaban J connectivity index is 1.65. The van der Waals surface area contributed by atoms with E-state index in [1.54, 1.807) is 7.11 Å². The highest BCUT2D eigenvalue weighted by Crippen LogP contribution is 2.19. The van der Waals surface area contributed by atoms with E-state index in [1.165, 1.54) is 5.56 Å². The van der Waals surface area contributed by atoms with Crippen LogP contribution in [0.4, 0.5) is 0 Å². The Labute approximate surface area is 164 Å². The van der Waals surface area contributed by atoms with Crippen LogP contribution in [0.1, 0.15) is 31.7 Å². The summed E-state index contributed by atoms with van der Waals surface area (Å²) in [5.41, 5.74) is 1.39. The number of nitrogens with one attached hydrogen (secondary N) is 2. The molecule has 1 fully saturated rings. The van der Waals surface area contributed by atoms with Crippen molar-refractivity contribution in [3.05, 3.63) is 35.9 Å². The van der Waals surface area contributed by atoms with E-state index < -0.39 is 0 Å². The number of nitrogens with zero attached hydrogens (tertiary/aromatic N) is 2. The molecule has 2 N–H and O–H groups in total. The second-order valence-electron chi connectivity index (χ2n) is 7.13. The molecule has 0 aromatic heterocycles. The van der Waals surface area contributed by atoms with Crippen molar-refractivity contribution in [1.29, 1.82) is 0 Å². The minimum atomic E-state index is 0.469. The number of hydrogen-bond acceptors (Lipinski definition) is 4. The van der Waals surface area contributed by atoms with Crippen molar-refractivity contribution in [3.8, 4) is 0 Å². The Hall–Kier alpha value is -1.63. The van der Waals surface area contributed by atoms with Gasteiger partial charge in [0.05, 0.1) is 13.2 Å². The third kappa shape index (κ3) is 8.28. The smallest absolute Gasteiger partial charge is 0.191 e. The third-order valence-corrected chi connectivity index (χ3v) is 5.00. The van der Waals surface area contributed by atoms with Gasteiger partial charge in [0.15, 0.2) is 5.96 Å². The maximum atomic E-state index is 5.48. The first kappa shape index (κ1) is 21.7. The summed E-state index contributed by atoms with van der Waals surface area (Å²) >= 11 is 0. The van der Waals surface area contributed by atoms with Gasteiger partial charge in [-0.15, -0.1) is 0 Å². The van der Waals surface area contributed by atoms with Crippen LogP contribution in [0.5, 0.6) is 0 Å². The van der Waals surface area contributed by atoms with E-state index in [0.717, 1.165) is 51.5 Å². The number of piperidine rings is 1. The molecule has 6 heteroatoms. The van der Waals surface area contributed by atoms with E-state index in [0.29, 0.717) is 25.3 Å². The van der Waals surface area contributed by atoms with Crippen molar-refractivity contribution in [2.75, 3.05) is 47.1 Å². The summed E-state index contributed by atoms with van der Waals surface area (Å²) in [5.74, 6) is 0.889. The molecule has 6 nitrogen and oxygen atoms in total. The second kappa shape index (κ2) is 12.7. The van der Waals surface area contributed by atoms with Gasteiger partial charge in [-0.1, -0.05) is 30.3 Å². The predicted octanol–water partition coefficient (Wildman–Crippen LogP) is 2.26. The van der Waals surface area contributed by atoms with E-state index in [-0.39, 0.29) is 0 Å². The highest BCUT2D eigenvalue weighted by atomic mass is 16.5. The molecule has 0 bridgehead atoms. The van der Waals surface area contributed by atoms with Crippen LogP contribution in [0.2, 0.25) is 0 Å². The number of aliphatic imine (C=N–C) groups is 1. The van der Waals surface area contributed by atoms with Crippen molar-refractivity contribution in [2.45, 2.75) is 44.8 Å². The predicted molar refractivity (Wildman–Crippen MR) is 111 cm³/mol. The second-order valence-corrected chi connectivity index (χ2v) is 7.13. The Morgan fingerprint density at radius 3 is 2.74 bits per heavy atom. The normalized spacial score (nSPS) is 21.2. The standard InChI is InChI=1S/C21H36N4O2/c1-18-16-20(10-12-25(18)17-19-8-5-4-6-9-19)24-21(22-2)23-11-7-13-27-15-14-26-3/h4-6,8-9,18,20H,7,10-17H2,1-3H3,(H2,22,23,24). The van der Waals surface area contributed by atoms with Crippen LogP contribution in [0.15, 0.2) is 35.3 Å². The van der Waals surface area contributed by atoms with Crippen LogP contribution in [0.25, 0.3) is 0 Å². The van der Waals surface area contributed by atoms with Gasteiger partial charge >= 0.3 is 0 Å². The van der Waals surface area contributed by atoms with Crippen molar-refractivity contribution >= 4 is 5.96 Å². The van der Waals surface area contributed by atoms with Gasteiger partial charge in [0.1, 0.15) is 0 Å². The lowest BCUT2D eigenvalue weighted by Gasteiger charge is -2.38. The maximum absolute atomic E-state index is 5.48. The number of guanidine groups is 1. The number of methoxy groups -OCH3 is 1. The quantitative estimate of drug-likeness (QED) is 0.373. The summed E-state index contributed by atoms with van der Waals surface area (Å²) in [5, 5.41) is 6.97. The van der Waals surface area contributed by atoms with E-state index in [1.807, 2.05) is 7.05 Å². The van der Waals surface area contributed by atoms with Gasteiger partial charge in [-0.3, -0.25) is 9.89 Å². The van der Waals surface area contributed by atoms with E-state index in [9.17, 15) is 0 Å². The van der Waals surface area contributed by atoms with Crippen LogP contribution >= 0.6 is 0 Å². The summed E-state index contributed by atoms with van der Waals surface area (Å²) in [6.07, 6.45) is 3.22. The summed E-state index contributed by atoms with van der Waals surface area (Å²) < 4.78 is 10.4. The van der Waals surface area contributed by atoms with Gasteiger partial charge in [-0.05, 0) is 31.7 Å². The molecule has 1 aromatic rings. The summed E-state index contributed by atoms with van der Waals surface area (Å²) in [6.45, 7) is 7.37. The van der Waals surface area contributed by atoms with Gasteiger partial charge in [0.2, 0.25) is 0 Å². The lowest BCUT2D eigenvalue weighted by atomic mass is 9.97. The van der Waals surface area contributed by atoms with Gasteiger partial charge in [0, 0.05) is 52.5 Å². The largest absolute Gasteiger partial charge is 0.382 e. The molecule has 0 radical (unpaired) electrons. The molecular formula is C21H36N4O2. The van der Waals surface area contributed by atoms with Gasteiger partial charge in [-0.2, -0.15) is 0 Å². The zero-order valence-electron chi connectivity index (χ0n) is 17.1. The first-order valence-electron chi connectivity index (χ1n) is 10.0. The van der Waals surface area contributed by atoms with Gasteiger partial charge in [0.25, 0.3) is 0 Å². The minimum Gasteiger partial charge on any atom is -0.382 e. The molecule has 1 aliphatic rings. The zero-order chi connectivity index (χ0) is 19.3. The molecule has 0 amide bonds. The summed E-state index contributed by atoms with van der Waals surface area (Å²) in [7, 11) is 3.52. The van der Waals surface area contributed by atoms with Crippen LogP contribution in [-0.4, -0.2) is 70.0 Å². The molecule has 1 heterocycles. The average Bonchev–Trinajstić information content (AvgIpc) is 2.69. The van der Waals surface area contributed by atoms with Crippen molar-refractivity contribution in [3.63, 3.8) is 0 Å². The SMILES string of the molecule is CN=C(NCCCOCCOC)NC1CCN(Cc2ccccc2)C(C)C1. The first-order valence-corrected chi connectivity index (χ1v) is 10.0. The third-order valence-electron chi connectivity index (χ3n) is 5.00. The molecule has 0 aliphatic carbocycles. The molecule has 2 atom stereocenters. The monoisotopic (exact) mass is 376 g/mol. The molecule has 152 valence electrons. The fourth-order valence-corrected chi connectivity index (χ4v) is 3.42. The van der Waals surface area contributed by atoms with Gasteiger partial charge in [-0.25, -0.2) is 0 Å². The van der Waals surface area contributed by atoms with Crippen molar-refractivity contribution < 1.29 is 9.47 Å². The minimum absolute atomic E-state index is 0.469. The molecule has 0 spiro atoms. The average molecular weight is 377 g/mol. The number of benzene rings is 1. The Morgan fingerprint density at radius 2 is 2.04 bits per heavy atom. The Kier molecular flexibility index (Phi) is 10.2. The lowest BCUT2D eigenvalue weighted by Crippen LogP contribution is -2.51. The topological polar surface area (TPSA) is 58.1 Å². The molecule has 1 saturated heterocycles. The number of hydrogen-bond donors (Lipinski definition) is 2. The zero-order valence-corrected chi connectivity index (χ0v) is 17.1. The Morgan fingerprint density at radius 1 is 1.22 bits per heavy atom. The van der Waals surface area contributed by atoms with E-state index >= 15 is 0 Å².